The maximum Gasteiger partial charge on any atom is 0.306 e. The van der Waals surface area contributed by atoms with E-state index in [1.807, 2.05) is 6.08 Å². The van der Waals surface area contributed by atoms with Gasteiger partial charge in [0, 0.05) is 19.4 Å². The lowest BCUT2D eigenvalue weighted by Crippen LogP contribution is -2.30. The van der Waals surface area contributed by atoms with Gasteiger partial charge < -0.3 is 14.2 Å². The van der Waals surface area contributed by atoms with E-state index >= 15 is 0 Å². The summed E-state index contributed by atoms with van der Waals surface area (Å²) in [7, 11) is 0. The molecule has 0 amide bonds. The molecular formula is C47H76O5. The third-order valence-corrected chi connectivity index (χ3v) is 8.13. The molecule has 1 atom stereocenters. The van der Waals surface area contributed by atoms with Crippen LogP contribution in [0.1, 0.15) is 162 Å². The van der Waals surface area contributed by atoms with Gasteiger partial charge in [-0.1, -0.05) is 163 Å². The van der Waals surface area contributed by atoms with Gasteiger partial charge in [-0.05, 0) is 83.5 Å². The highest BCUT2D eigenvalue weighted by Crippen LogP contribution is 2.10. The lowest BCUT2D eigenvalue weighted by molar-refractivity contribution is -0.162. The topological polar surface area (TPSA) is 61.8 Å². The second-order valence-corrected chi connectivity index (χ2v) is 13.1. The molecule has 5 heteroatoms. The molecule has 0 aliphatic carbocycles. The summed E-state index contributed by atoms with van der Waals surface area (Å²) >= 11 is 0. The first-order valence-electron chi connectivity index (χ1n) is 20.8. The molecule has 0 heterocycles. The van der Waals surface area contributed by atoms with Crippen molar-refractivity contribution in [3.63, 3.8) is 0 Å². The number of esters is 2. The first kappa shape index (κ1) is 48.8. The monoisotopic (exact) mass is 721 g/mol. The molecule has 0 radical (unpaired) electrons. The molecule has 5 nitrogen and oxygen atoms in total. The minimum Gasteiger partial charge on any atom is -0.462 e. The van der Waals surface area contributed by atoms with E-state index in [4.69, 9.17) is 14.2 Å². The van der Waals surface area contributed by atoms with Crippen LogP contribution >= 0.6 is 0 Å². The second-order valence-electron chi connectivity index (χ2n) is 13.1. The lowest BCUT2D eigenvalue weighted by Gasteiger charge is -2.18. The van der Waals surface area contributed by atoms with Crippen LogP contribution in [-0.4, -0.2) is 37.9 Å². The predicted molar refractivity (Wildman–Crippen MR) is 223 cm³/mol. The summed E-state index contributed by atoms with van der Waals surface area (Å²) in [5.74, 6) is -0.550. The smallest absolute Gasteiger partial charge is 0.306 e. The zero-order valence-corrected chi connectivity index (χ0v) is 33.5. The van der Waals surface area contributed by atoms with Crippen LogP contribution < -0.4 is 0 Å². The molecule has 0 spiro atoms. The summed E-state index contributed by atoms with van der Waals surface area (Å²) in [6, 6.07) is 0. The zero-order chi connectivity index (χ0) is 37.8. The van der Waals surface area contributed by atoms with E-state index in [-0.39, 0.29) is 31.6 Å². The predicted octanol–water partition coefficient (Wildman–Crippen LogP) is 13.5. The van der Waals surface area contributed by atoms with Gasteiger partial charge in [-0.15, -0.1) is 0 Å². The molecule has 52 heavy (non-hydrogen) atoms. The average Bonchev–Trinajstić information content (AvgIpc) is 3.14. The molecule has 1 unspecified atom stereocenters. The molecule has 0 aromatic heterocycles. The fraction of sp³-hybridized carbons (Fsp3) is 0.617. The van der Waals surface area contributed by atoms with Crippen molar-refractivity contribution in [3.05, 3.63) is 97.2 Å². The molecule has 0 aliphatic heterocycles. The largest absolute Gasteiger partial charge is 0.462 e. The van der Waals surface area contributed by atoms with Crippen molar-refractivity contribution < 1.29 is 23.8 Å². The van der Waals surface area contributed by atoms with Crippen LogP contribution in [0.5, 0.6) is 0 Å². The normalized spacial score (nSPS) is 13.2. The third kappa shape index (κ3) is 39.6. The van der Waals surface area contributed by atoms with Crippen LogP contribution in [0.4, 0.5) is 0 Å². The summed E-state index contributed by atoms with van der Waals surface area (Å²) in [5.41, 5.74) is 0. The number of carbonyl (C=O) groups excluding carboxylic acids is 2. The number of allylic oxidation sites excluding steroid dienone is 16. The van der Waals surface area contributed by atoms with E-state index in [0.717, 1.165) is 83.5 Å². The minimum absolute atomic E-state index is 0.0306. The van der Waals surface area contributed by atoms with E-state index in [2.05, 4.69) is 112 Å². The Balaban J connectivity index is 4.42. The zero-order valence-electron chi connectivity index (χ0n) is 33.5. The Bertz CT molecular complexity index is 1040. The molecule has 0 bridgehead atoms. The van der Waals surface area contributed by atoms with Gasteiger partial charge in [0.15, 0.2) is 6.10 Å². The number of hydrogen-bond donors (Lipinski definition) is 0. The molecule has 0 saturated heterocycles. The minimum atomic E-state index is -0.590. The molecule has 0 aromatic carbocycles. The second kappa shape index (κ2) is 42.2. The summed E-state index contributed by atoms with van der Waals surface area (Å²) < 4.78 is 17.1. The number of ether oxygens (including phenoxy) is 3. The maximum absolute atomic E-state index is 12.6. The van der Waals surface area contributed by atoms with Crippen LogP contribution in [0.25, 0.3) is 0 Å². The van der Waals surface area contributed by atoms with Gasteiger partial charge in [0.05, 0.1) is 6.61 Å². The van der Waals surface area contributed by atoms with E-state index < -0.39 is 6.10 Å². The number of carbonyl (C=O) groups is 2. The number of unbranched alkanes of at least 4 members (excludes halogenated alkanes) is 9. The molecular weight excluding hydrogens is 645 g/mol. The van der Waals surface area contributed by atoms with Crippen LogP contribution in [0.15, 0.2) is 97.2 Å². The van der Waals surface area contributed by atoms with Crippen molar-refractivity contribution in [1.29, 1.82) is 0 Å². The summed E-state index contributed by atoms with van der Waals surface area (Å²) in [6.07, 6.45) is 55.6. The molecule has 294 valence electrons. The number of hydrogen-bond acceptors (Lipinski definition) is 5. The van der Waals surface area contributed by atoms with E-state index in [0.29, 0.717) is 19.4 Å². The van der Waals surface area contributed by atoms with Crippen LogP contribution in [0.2, 0.25) is 0 Å². The van der Waals surface area contributed by atoms with Crippen molar-refractivity contribution in [2.75, 3.05) is 19.8 Å². The first-order chi connectivity index (χ1) is 25.6. The van der Waals surface area contributed by atoms with Gasteiger partial charge >= 0.3 is 11.9 Å². The fourth-order valence-electron chi connectivity index (χ4n) is 5.10. The van der Waals surface area contributed by atoms with E-state index in [1.165, 1.54) is 38.5 Å². The van der Waals surface area contributed by atoms with Crippen molar-refractivity contribution in [2.45, 2.75) is 168 Å². The fourth-order valence-corrected chi connectivity index (χ4v) is 5.10. The van der Waals surface area contributed by atoms with Crippen molar-refractivity contribution in [3.8, 4) is 0 Å². The van der Waals surface area contributed by atoms with E-state index in [1.54, 1.807) is 0 Å². The van der Waals surface area contributed by atoms with Crippen LogP contribution in [0, 0.1) is 0 Å². The van der Waals surface area contributed by atoms with Gasteiger partial charge in [-0.2, -0.15) is 0 Å². The molecule has 0 rings (SSSR count). The summed E-state index contributed by atoms with van der Waals surface area (Å²) in [6.45, 7) is 7.42. The maximum atomic E-state index is 12.6. The average molecular weight is 721 g/mol. The van der Waals surface area contributed by atoms with Gasteiger partial charge in [0.25, 0.3) is 0 Å². The molecule has 0 aliphatic rings. The molecule has 0 saturated carbocycles. The van der Waals surface area contributed by atoms with Crippen molar-refractivity contribution in [1.82, 2.24) is 0 Å². The summed E-state index contributed by atoms with van der Waals surface area (Å²) in [5, 5.41) is 0. The molecule has 0 aromatic rings. The van der Waals surface area contributed by atoms with Gasteiger partial charge in [-0.3, -0.25) is 9.59 Å². The Morgan fingerprint density at radius 3 is 1.42 bits per heavy atom. The van der Waals surface area contributed by atoms with Gasteiger partial charge in [-0.25, -0.2) is 0 Å². The van der Waals surface area contributed by atoms with Crippen LogP contribution in [0.3, 0.4) is 0 Å². The summed E-state index contributed by atoms with van der Waals surface area (Å²) in [4.78, 5) is 25.1. The Hall–Kier alpha value is -3.18. The SMILES string of the molecule is CC/C=C\C/C=C\C/C=C\C/C=C\CCCCC(=O)OCC(COCCCCCCCCCC)OC(=O)CC/C=C\C/C=C\C/C=C\C/C=C\CC. The standard InChI is InChI=1S/C47H76O5/c1-4-7-10-13-16-19-21-23-24-26-27-29-31-34-37-40-46(48)51-44-45(43-50-42-39-36-33-18-15-12-9-6-3)52-47(49)41-38-35-32-30-28-25-22-20-17-14-11-8-5-2/h7-8,10-11,16-17,19-20,23-25,27-29,32,35,45H,4-6,9,12-15,18,21-22,26,30-31,33-34,36-44H2,1-3H3/b10-7-,11-8-,19-16-,20-17-,24-23-,28-25-,29-27-,35-32-. The Kier molecular flexibility index (Phi) is 39.7. The highest BCUT2D eigenvalue weighted by Gasteiger charge is 2.17. The highest BCUT2D eigenvalue weighted by atomic mass is 16.6. The third-order valence-electron chi connectivity index (χ3n) is 8.13. The Labute approximate surface area is 320 Å². The highest BCUT2D eigenvalue weighted by molar-refractivity contribution is 5.70. The Morgan fingerprint density at radius 1 is 0.442 bits per heavy atom. The first-order valence-corrected chi connectivity index (χ1v) is 20.8. The Morgan fingerprint density at radius 2 is 0.904 bits per heavy atom. The van der Waals surface area contributed by atoms with Gasteiger partial charge in [0.1, 0.15) is 6.61 Å². The molecule has 0 fully saturated rings. The van der Waals surface area contributed by atoms with E-state index in [9.17, 15) is 9.59 Å². The number of rotatable bonds is 36. The quantitative estimate of drug-likeness (QED) is 0.0366. The lowest BCUT2D eigenvalue weighted by atomic mass is 10.1. The van der Waals surface area contributed by atoms with Crippen molar-refractivity contribution >= 4 is 11.9 Å². The van der Waals surface area contributed by atoms with Crippen molar-refractivity contribution in [2.24, 2.45) is 0 Å². The molecule has 0 N–H and O–H groups in total. The van der Waals surface area contributed by atoms with Gasteiger partial charge in [0.2, 0.25) is 0 Å². The van der Waals surface area contributed by atoms with Crippen LogP contribution in [-0.2, 0) is 23.8 Å².